The van der Waals surface area contributed by atoms with Gasteiger partial charge < -0.3 is 14.4 Å². The topological polar surface area (TPSA) is 70.8 Å². The van der Waals surface area contributed by atoms with Crippen molar-refractivity contribution in [1.82, 2.24) is 0 Å². The highest BCUT2D eigenvalue weighted by atomic mass is 35.5. The van der Waals surface area contributed by atoms with Crippen LogP contribution in [0.2, 0.25) is 5.02 Å². The first-order valence-electron chi connectivity index (χ1n) is 9.68. The SMILES string of the molecule is Cc1ccc(CN2C(=O)[C@](O)(CC(=O)c3c(C)coc3C)c3cc(Cl)ccc32)cc1. The van der Waals surface area contributed by atoms with Crippen molar-refractivity contribution in [3.05, 3.63) is 87.3 Å². The van der Waals surface area contributed by atoms with Crippen LogP contribution in [-0.2, 0) is 16.9 Å². The van der Waals surface area contributed by atoms with Gasteiger partial charge in [0, 0.05) is 10.6 Å². The predicted molar refractivity (Wildman–Crippen MR) is 115 cm³/mol. The minimum Gasteiger partial charge on any atom is -0.469 e. The molecule has 4 rings (SSSR count). The molecule has 1 aliphatic heterocycles. The lowest BCUT2D eigenvalue weighted by Gasteiger charge is -2.23. The van der Waals surface area contributed by atoms with Crippen molar-refractivity contribution in [3.63, 3.8) is 0 Å². The Morgan fingerprint density at radius 1 is 1.13 bits per heavy atom. The molecule has 5 nitrogen and oxygen atoms in total. The van der Waals surface area contributed by atoms with Crippen LogP contribution in [0.5, 0.6) is 0 Å². The number of benzene rings is 2. The molecular weight excluding hydrogens is 402 g/mol. The summed E-state index contributed by atoms with van der Waals surface area (Å²) >= 11 is 6.17. The van der Waals surface area contributed by atoms with Crippen LogP contribution in [0.25, 0.3) is 0 Å². The molecule has 1 aromatic heterocycles. The average Bonchev–Trinajstić information content (AvgIpc) is 3.13. The number of rotatable bonds is 5. The van der Waals surface area contributed by atoms with E-state index in [1.807, 2.05) is 31.2 Å². The molecule has 30 heavy (non-hydrogen) atoms. The van der Waals surface area contributed by atoms with Gasteiger partial charge >= 0.3 is 0 Å². The van der Waals surface area contributed by atoms with E-state index >= 15 is 0 Å². The molecule has 1 amide bonds. The number of fused-ring (bicyclic) bond motifs is 1. The zero-order valence-corrected chi connectivity index (χ0v) is 17.8. The molecule has 2 aromatic carbocycles. The number of hydrogen-bond acceptors (Lipinski definition) is 4. The Hall–Kier alpha value is -2.89. The third-order valence-corrected chi connectivity index (χ3v) is 5.84. The number of ketones is 1. The van der Waals surface area contributed by atoms with Crippen LogP contribution in [0.3, 0.4) is 0 Å². The van der Waals surface area contributed by atoms with E-state index in [-0.39, 0.29) is 18.7 Å². The van der Waals surface area contributed by atoms with E-state index in [2.05, 4.69) is 0 Å². The molecule has 0 saturated heterocycles. The monoisotopic (exact) mass is 423 g/mol. The number of nitrogens with zero attached hydrogens (tertiary/aromatic N) is 1. The van der Waals surface area contributed by atoms with E-state index in [1.54, 1.807) is 32.0 Å². The van der Waals surface area contributed by atoms with Crippen molar-refractivity contribution in [2.24, 2.45) is 0 Å². The number of amides is 1. The molecule has 2 heterocycles. The Morgan fingerprint density at radius 2 is 1.83 bits per heavy atom. The number of carbonyl (C=O) groups excluding carboxylic acids is 2. The Balaban J connectivity index is 1.73. The van der Waals surface area contributed by atoms with Gasteiger partial charge in [-0.25, -0.2) is 0 Å². The summed E-state index contributed by atoms with van der Waals surface area (Å²) in [6.07, 6.45) is 1.11. The van der Waals surface area contributed by atoms with Crippen LogP contribution in [0, 0.1) is 20.8 Å². The van der Waals surface area contributed by atoms with Gasteiger partial charge in [0.15, 0.2) is 11.4 Å². The van der Waals surface area contributed by atoms with Crippen LogP contribution in [-0.4, -0.2) is 16.8 Å². The van der Waals surface area contributed by atoms with E-state index in [0.29, 0.717) is 33.2 Å². The highest BCUT2D eigenvalue weighted by Gasteiger charge is 2.51. The summed E-state index contributed by atoms with van der Waals surface area (Å²) in [5.74, 6) is -0.417. The fraction of sp³-hybridized carbons (Fsp3) is 0.250. The van der Waals surface area contributed by atoms with Gasteiger partial charge in [0.25, 0.3) is 5.91 Å². The molecule has 0 fully saturated rings. The first kappa shape index (κ1) is 20.4. The molecule has 0 radical (unpaired) electrons. The van der Waals surface area contributed by atoms with Crippen molar-refractivity contribution in [3.8, 4) is 0 Å². The Morgan fingerprint density at radius 3 is 2.47 bits per heavy atom. The third-order valence-electron chi connectivity index (χ3n) is 5.61. The smallest absolute Gasteiger partial charge is 0.264 e. The Kier molecular flexibility index (Phi) is 5.04. The summed E-state index contributed by atoms with van der Waals surface area (Å²) in [6.45, 7) is 5.73. The summed E-state index contributed by atoms with van der Waals surface area (Å²) in [4.78, 5) is 27.9. The Labute approximate surface area is 179 Å². The highest BCUT2D eigenvalue weighted by molar-refractivity contribution is 6.31. The van der Waals surface area contributed by atoms with Crippen LogP contribution < -0.4 is 4.90 Å². The van der Waals surface area contributed by atoms with E-state index in [9.17, 15) is 14.7 Å². The molecule has 1 N–H and O–H groups in total. The summed E-state index contributed by atoms with van der Waals surface area (Å²) in [6, 6.07) is 12.8. The van der Waals surface area contributed by atoms with Gasteiger partial charge in [-0.15, -0.1) is 0 Å². The van der Waals surface area contributed by atoms with Gasteiger partial charge in [-0.3, -0.25) is 9.59 Å². The van der Waals surface area contributed by atoms with Crippen molar-refractivity contribution >= 4 is 29.0 Å². The second-order valence-corrected chi connectivity index (χ2v) is 8.28. The summed E-state index contributed by atoms with van der Waals surface area (Å²) < 4.78 is 5.32. The van der Waals surface area contributed by atoms with E-state index in [1.165, 1.54) is 11.2 Å². The predicted octanol–water partition coefficient (Wildman–Crippen LogP) is 4.87. The molecule has 1 aliphatic rings. The molecule has 3 aromatic rings. The maximum Gasteiger partial charge on any atom is 0.264 e. The molecule has 0 aliphatic carbocycles. The van der Waals surface area contributed by atoms with Crippen LogP contribution >= 0.6 is 11.6 Å². The zero-order valence-electron chi connectivity index (χ0n) is 17.0. The number of furan rings is 1. The van der Waals surface area contributed by atoms with Crippen molar-refractivity contribution < 1.29 is 19.1 Å². The molecule has 0 unspecified atom stereocenters. The first-order valence-corrected chi connectivity index (χ1v) is 10.1. The summed E-state index contributed by atoms with van der Waals surface area (Å²) in [5, 5.41) is 11.9. The number of halogens is 1. The van der Waals surface area contributed by atoms with Crippen molar-refractivity contribution in [1.29, 1.82) is 0 Å². The number of aliphatic hydroxyl groups is 1. The number of Topliss-reactive ketones (excluding diaryl/α,β-unsaturated/α-hetero) is 1. The molecule has 154 valence electrons. The van der Waals surface area contributed by atoms with E-state index in [0.717, 1.165) is 11.1 Å². The molecule has 6 heteroatoms. The molecular formula is C24H22ClNO4. The van der Waals surface area contributed by atoms with Crippen LogP contribution in [0.1, 0.15) is 44.8 Å². The van der Waals surface area contributed by atoms with Gasteiger partial charge in [0.05, 0.1) is 30.5 Å². The fourth-order valence-corrected chi connectivity index (χ4v) is 4.21. The Bertz CT molecular complexity index is 1130. The number of anilines is 1. The molecule has 0 saturated carbocycles. The average molecular weight is 424 g/mol. The first-order chi connectivity index (χ1) is 14.2. The van der Waals surface area contributed by atoms with E-state index < -0.39 is 11.5 Å². The molecule has 1 atom stereocenters. The zero-order chi connectivity index (χ0) is 21.6. The largest absolute Gasteiger partial charge is 0.469 e. The standard InChI is InChI=1S/C24H22ClNO4/c1-14-4-6-17(7-5-14)12-26-20-9-8-18(25)10-19(20)24(29,23(26)28)11-21(27)22-15(2)13-30-16(22)3/h4-10,13,29H,11-12H2,1-3H3/t24-/m0/s1. The van der Waals surface area contributed by atoms with Gasteiger partial charge in [-0.05, 0) is 50.1 Å². The normalized spacial score (nSPS) is 18.0. The minimum atomic E-state index is -1.99. The van der Waals surface area contributed by atoms with Gasteiger partial charge in [0.1, 0.15) is 5.76 Å². The summed E-state index contributed by atoms with van der Waals surface area (Å²) in [7, 11) is 0. The van der Waals surface area contributed by atoms with Crippen molar-refractivity contribution in [2.45, 2.75) is 39.3 Å². The lowest BCUT2D eigenvalue weighted by atomic mass is 9.87. The third kappa shape index (κ3) is 3.34. The minimum absolute atomic E-state index is 0.286. The second kappa shape index (κ2) is 7.42. The van der Waals surface area contributed by atoms with Crippen LogP contribution in [0.4, 0.5) is 5.69 Å². The highest BCUT2D eigenvalue weighted by Crippen LogP contribution is 2.45. The quantitative estimate of drug-likeness (QED) is 0.594. The molecule has 0 bridgehead atoms. The van der Waals surface area contributed by atoms with Crippen LogP contribution in [0.15, 0.2) is 53.1 Å². The number of carbonyl (C=O) groups is 2. The lowest BCUT2D eigenvalue weighted by molar-refractivity contribution is -0.136. The van der Waals surface area contributed by atoms with Gasteiger partial charge in [-0.1, -0.05) is 41.4 Å². The molecule has 0 spiro atoms. The summed E-state index contributed by atoms with van der Waals surface area (Å²) in [5.41, 5.74) is 2.03. The van der Waals surface area contributed by atoms with Gasteiger partial charge in [0.2, 0.25) is 0 Å². The van der Waals surface area contributed by atoms with E-state index in [4.69, 9.17) is 16.0 Å². The van der Waals surface area contributed by atoms with Crippen molar-refractivity contribution in [2.75, 3.05) is 4.90 Å². The number of hydrogen-bond donors (Lipinski definition) is 1. The number of aryl methyl sites for hydroxylation is 3. The fourth-order valence-electron chi connectivity index (χ4n) is 4.04. The van der Waals surface area contributed by atoms with Gasteiger partial charge in [-0.2, -0.15) is 0 Å². The maximum atomic E-state index is 13.4. The second-order valence-electron chi connectivity index (χ2n) is 7.85. The lowest BCUT2D eigenvalue weighted by Crippen LogP contribution is -2.41. The maximum absolute atomic E-state index is 13.4.